The molecule has 1 aliphatic rings. The van der Waals surface area contributed by atoms with Crippen molar-refractivity contribution in [3.63, 3.8) is 0 Å². The lowest BCUT2D eigenvalue weighted by molar-refractivity contribution is -0.137. The van der Waals surface area contributed by atoms with Gasteiger partial charge in [-0.2, -0.15) is 0 Å². The van der Waals surface area contributed by atoms with Crippen molar-refractivity contribution in [3.8, 4) is 0 Å². The second-order valence-corrected chi connectivity index (χ2v) is 6.95. The van der Waals surface area contributed by atoms with Crippen molar-refractivity contribution in [2.45, 2.75) is 32.2 Å². The van der Waals surface area contributed by atoms with Crippen LogP contribution in [0.25, 0.3) is 0 Å². The number of nitrogens with one attached hydrogen (secondary N) is 2. The quantitative estimate of drug-likeness (QED) is 0.677. The summed E-state index contributed by atoms with van der Waals surface area (Å²) in [5.74, 6) is -0.623. The molecule has 5 nitrogen and oxygen atoms in total. The van der Waals surface area contributed by atoms with Gasteiger partial charge in [-0.3, -0.25) is 4.79 Å². The summed E-state index contributed by atoms with van der Waals surface area (Å²) < 4.78 is 1.54. The third-order valence-corrected chi connectivity index (χ3v) is 4.58. The molecule has 0 aromatic heterocycles. The number of carboxylic acid groups (broad SMARTS) is 1. The molecule has 1 aliphatic carbocycles. The molecule has 1 atom stereocenters. The van der Waals surface area contributed by atoms with E-state index in [2.05, 4.69) is 42.5 Å². The number of urea groups is 1. The summed E-state index contributed by atoms with van der Waals surface area (Å²) in [5, 5.41) is 14.4. The molecular weight excluding hydrogens is 404 g/mol. The van der Waals surface area contributed by atoms with Crippen molar-refractivity contribution in [2.24, 2.45) is 5.92 Å². The first-order chi connectivity index (χ1) is 9.86. The minimum Gasteiger partial charge on any atom is -0.481 e. The zero-order valence-electron chi connectivity index (χ0n) is 11.5. The van der Waals surface area contributed by atoms with Gasteiger partial charge in [-0.05, 0) is 75.2 Å². The number of rotatable bonds is 5. The molecule has 0 spiro atoms. The molecule has 1 fully saturated rings. The molecule has 1 saturated carbocycles. The third kappa shape index (κ3) is 4.71. The summed E-state index contributed by atoms with van der Waals surface area (Å²) in [6.07, 6.45) is 1.89. The van der Waals surface area contributed by atoms with Crippen molar-refractivity contribution < 1.29 is 14.7 Å². The number of carboxylic acids is 1. The Kier molecular flexibility index (Phi) is 5.27. The summed E-state index contributed by atoms with van der Waals surface area (Å²) in [6, 6.07) is 3.09. The predicted octanol–water partition coefficient (Wildman–Crippen LogP) is 3.89. The van der Waals surface area contributed by atoms with Gasteiger partial charge in [0.1, 0.15) is 0 Å². The molecule has 1 unspecified atom stereocenters. The summed E-state index contributed by atoms with van der Waals surface area (Å²) >= 11 is 6.82. The molecule has 1 aromatic carbocycles. The fraction of sp³-hybridized carbons (Fsp3) is 0.429. The molecule has 0 radical (unpaired) electrons. The number of aliphatic carboxylic acids is 1. The van der Waals surface area contributed by atoms with Crippen molar-refractivity contribution in [1.29, 1.82) is 0 Å². The summed E-state index contributed by atoms with van der Waals surface area (Å²) in [5.41, 5.74) is 1.68. The van der Waals surface area contributed by atoms with Crippen LogP contribution in [0.5, 0.6) is 0 Å². The zero-order valence-corrected chi connectivity index (χ0v) is 14.6. The molecule has 2 amide bonds. The third-order valence-electron chi connectivity index (χ3n) is 3.33. The lowest BCUT2D eigenvalue weighted by Gasteiger charge is -2.18. The molecule has 0 bridgehead atoms. The topological polar surface area (TPSA) is 78.4 Å². The van der Waals surface area contributed by atoms with Gasteiger partial charge in [-0.1, -0.05) is 0 Å². The van der Waals surface area contributed by atoms with E-state index in [9.17, 15) is 9.59 Å². The highest BCUT2D eigenvalue weighted by molar-refractivity contribution is 9.11. The van der Waals surface area contributed by atoms with Crippen LogP contribution in [0, 0.1) is 12.8 Å². The van der Waals surface area contributed by atoms with Gasteiger partial charge in [-0.15, -0.1) is 0 Å². The van der Waals surface area contributed by atoms with Crippen molar-refractivity contribution in [3.05, 3.63) is 26.6 Å². The monoisotopic (exact) mass is 418 g/mol. The molecule has 21 heavy (non-hydrogen) atoms. The number of amides is 2. The van der Waals surface area contributed by atoms with E-state index in [1.807, 2.05) is 19.1 Å². The Labute approximate surface area is 139 Å². The van der Waals surface area contributed by atoms with E-state index in [-0.39, 0.29) is 18.4 Å². The Bertz CT molecular complexity index is 550. The number of hydrogen-bond acceptors (Lipinski definition) is 2. The maximum Gasteiger partial charge on any atom is 0.319 e. The highest BCUT2D eigenvalue weighted by Crippen LogP contribution is 2.35. The molecule has 0 heterocycles. The van der Waals surface area contributed by atoms with E-state index < -0.39 is 12.0 Å². The van der Waals surface area contributed by atoms with Crippen molar-refractivity contribution in [2.75, 3.05) is 5.32 Å². The van der Waals surface area contributed by atoms with Crippen LogP contribution in [0.3, 0.4) is 0 Å². The van der Waals surface area contributed by atoms with E-state index >= 15 is 0 Å². The number of halogens is 2. The van der Waals surface area contributed by atoms with Crippen LogP contribution in [0.1, 0.15) is 24.8 Å². The van der Waals surface area contributed by atoms with Crippen LogP contribution in [-0.2, 0) is 4.79 Å². The fourth-order valence-corrected chi connectivity index (χ4v) is 3.77. The number of hydrogen-bond donors (Lipinski definition) is 3. The maximum absolute atomic E-state index is 12.1. The molecule has 1 aromatic rings. The minimum absolute atomic E-state index is 0.0473. The summed E-state index contributed by atoms with van der Waals surface area (Å²) in [6.45, 7) is 1.95. The minimum atomic E-state index is -0.898. The maximum atomic E-state index is 12.1. The smallest absolute Gasteiger partial charge is 0.319 e. The second kappa shape index (κ2) is 6.79. The Morgan fingerprint density at radius 1 is 1.33 bits per heavy atom. The molecule has 7 heteroatoms. The van der Waals surface area contributed by atoms with E-state index in [4.69, 9.17) is 5.11 Å². The predicted molar refractivity (Wildman–Crippen MR) is 87.5 cm³/mol. The van der Waals surface area contributed by atoms with Crippen LogP contribution in [0.15, 0.2) is 21.1 Å². The van der Waals surface area contributed by atoms with Crippen LogP contribution < -0.4 is 10.6 Å². The van der Waals surface area contributed by atoms with E-state index in [0.717, 1.165) is 27.4 Å². The van der Waals surface area contributed by atoms with Crippen molar-refractivity contribution >= 4 is 49.5 Å². The number of benzene rings is 1. The first kappa shape index (κ1) is 16.3. The highest BCUT2D eigenvalue weighted by Gasteiger charge is 2.33. The van der Waals surface area contributed by atoms with Gasteiger partial charge < -0.3 is 15.7 Å². The summed E-state index contributed by atoms with van der Waals surface area (Å²) in [7, 11) is 0. The first-order valence-corrected chi connectivity index (χ1v) is 8.20. The average molecular weight is 420 g/mol. The van der Waals surface area contributed by atoms with Crippen molar-refractivity contribution in [1.82, 2.24) is 5.32 Å². The lowest BCUT2D eigenvalue weighted by Crippen LogP contribution is -2.40. The summed E-state index contributed by atoms with van der Waals surface area (Å²) in [4.78, 5) is 22.9. The Morgan fingerprint density at radius 3 is 2.38 bits per heavy atom. The van der Waals surface area contributed by atoms with Crippen LogP contribution in [-0.4, -0.2) is 23.1 Å². The molecule has 2 rings (SSSR count). The average Bonchev–Trinajstić information content (AvgIpc) is 3.16. The Balaban J connectivity index is 2.02. The van der Waals surface area contributed by atoms with E-state index in [0.29, 0.717) is 5.69 Å². The van der Waals surface area contributed by atoms with Gasteiger partial charge in [0.25, 0.3) is 0 Å². The van der Waals surface area contributed by atoms with E-state index in [1.54, 1.807) is 0 Å². The fourth-order valence-electron chi connectivity index (χ4n) is 2.16. The van der Waals surface area contributed by atoms with Crippen LogP contribution in [0.4, 0.5) is 10.5 Å². The first-order valence-electron chi connectivity index (χ1n) is 6.61. The van der Waals surface area contributed by atoms with Gasteiger partial charge in [0, 0.05) is 15.0 Å². The second-order valence-electron chi connectivity index (χ2n) is 5.24. The standard InChI is InChI=1S/C14H16Br2N2O3/c1-7-4-9(15)13(10(16)5-7)18-14(21)17-11(6-12(19)20)8-2-3-8/h4-5,8,11H,2-3,6H2,1H3,(H,19,20)(H2,17,18,21). The van der Waals surface area contributed by atoms with Gasteiger partial charge in [0.05, 0.1) is 12.1 Å². The lowest BCUT2D eigenvalue weighted by atomic mass is 10.1. The molecule has 0 saturated heterocycles. The Hall–Kier alpha value is -1.08. The zero-order chi connectivity index (χ0) is 15.6. The number of carbonyl (C=O) groups is 2. The molecule has 0 aliphatic heterocycles. The van der Waals surface area contributed by atoms with Gasteiger partial charge in [0.15, 0.2) is 0 Å². The number of aryl methyl sites for hydroxylation is 1. The van der Waals surface area contributed by atoms with Crippen LogP contribution >= 0.6 is 31.9 Å². The molecular formula is C14H16Br2N2O3. The number of anilines is 1. The highest BCUT2D eigenvalue weighted by atomic mass is 79.9. The SMILES string of the molecule is Cc1cc(Br)c(NC(=O)NC(CC(=O)O)C2CC2)c(Br)c1. The Morgan fingerprint density at radius 2 is 1.90 bits per heavy atom. The van der Waals surface area contributed by atoms with Crippen LogP contribution in [0.2, 0.25) is 0 Å². The molecule has 114 valence electrons. The normalized spacial score (nSPS) is 15.4. The van der Waals surface area contributed by atoms with Gasteiger partial charge in [0.2, 0.25) is 0 Å². The van der Waals surface area contributed by atoms with Gasteiger partial charge in [-0.25, -0.2) is 4.79 Å². The molecule has 3 N–H and O–H groups in total. The number of carbonyl (C=O) groups excluding carboxylic acids is 1. The van der Waals surface area contributed by atoms with E-state index in [1.165, 1.54) is 0 Å². The van der Waals surface area contributed by atoms with Gasteiger partial charge >= 0.3 is 12.0 Å². The largest absolute Gasteiger partial charge is 0.481 e.